The molecular weight excluding hydrogens is 203 g/mol. The van der Waals surface area contributed by atoms with Crippen molar-refractivity contribution in [1.29, 1.82) is 0 Å². The number of hydrogen-bond donors (Lipinski definition) is 1. The van der Waals surface area contributed by atoms with Gasteiger partial charge in [0.2, 0.25) is 0 Å². The third-order valence-electron chi connectivity index (χ3n) is 3.68. The second kappa shape index (κ2) is 4.17. The standard InChI is InChI=1S/C14H19FO/c1-10-3-5-14(16,6-4-10)12-7-11(2)8-13(15)9-12/h7-10,16H,3-6H2,1-2H3. The summed E-state index contributed by atoms with van der Waals surface area (Å²) in [4.78, 5) is 0. The number of aryl methyl sites for hydroxylation is 1. The van der Waals surface area contributed by atoms with Crippen molar-refractivity contribution >= 4 is 0 Å². The van der Waals surface area contributed by atoms with E-state index < -0.39 is 5.60 Å². The van der Waals surface area contributed by atoms with Crippen LogP contribution in [0.25, 0.3) is 0 Å². The van der Waals surface area contributed by atoms with Gasteiger partial charge in [0.1, 0.15) is 5.82 Å². The van der Waals surface area contributed by atoms with Gasteiger partial charge >= 0.3 is 0 Å². The van der Waals surface area contributed by atoms with E-state index in [0.29, 0.717) is 5.92 Å². The van der Waals surface area contributed by atoms with Gasteiger partial charge in [-0.15, -0.1) is 0 Å². The van der Waals surface area contributed by atoms with Gasteiger partial charge in [0.05, 0.1) is 5.60 Å². The Morgan fingerprint density at radius 3 is 2.44 bits per heavy atom. The Morgan fingerprint density at radius 1 is 1.25 bits per heavy atom. The molecule has 1 aliphatic carbocycles. The van der Waals surface area contributed by atoms with Crippen molar-refractivity contribution in [2.45, 2.75) is 45.1 Å². The van der Waals surface area contributed by atoms with E-state index in [1.165, 1.54) is 12.1 Å². The number of halogens is 1. The van der Waals surface area contributed by atoms with Gasteiger partial charge in [-0.2, -0.15) is 0 Å². The number of rotatable bonds is 1. The van der Waals surface area contributed by atoms with Crippen molar-refractivity contribution in [3.63, 3.8) is 0 Å². The lowest BCUT2D eigenvalue weighted by Crippen LogP contribution is -2.31. The van der Waals surface area contributed by atoms with Crippen LogP contribution in [0.15, 0.2) is 18.2 Å². The van der Waals surface area contributed by atoms with Crippen LogP contribution in [0.1, 0.15) is 43.7 Å². The maximum atomic E-state index is 13.3. The van der Waals surface area contributed by atoms with Crippen LogP contribution >= 0.6 is 0 Å². The molecule has 1 aromatic carbocycles. The first-order valence-corrected chi connectivity index (χ1v) is 6.00. The highest BCUT2D eigenvalue weighted by Gasteiger charge is 2.33. The highest BCUT2D eigenvalue weighted by Crippen LogP contribution is 2.39. The summed E-state index contributed by atoms with van der Waals surface area (Å²) in [6, 6.07) is 4.88. The molecule has 1 N–H and O–H groups in total. The molecule has 1 aromatic rings. The number of benzene rings is 1. The molecule has 0 atom stereocenters. The zero-order valence-electron chi connectivity index (χ0n) is 9.96. The van der Waals surface area contributed by atoms with Crippen LogP contribution in [-0.4, -0.2) is 5.11 Å². The molecule has 88 valence electrons. The molecule has 0 unspecified atom stereocenters. The molecule has 0 spiro atoms. The lowest BCUT2D eigenvalue weighted by Gasteiger charge is -2.35. The largest absolute Gasteiger partial charge is 0.385 e. The molecule has 1 nitrogen and oxygen atoms in total. The minimum Gasteiger partial charge on any atom is -0.385 e. The summed E-state index contributed by atoms with van der Waals surface area (Å²) in [6.07, 6.45) is 3.53. The number of aliphatic hydroxyl groups is 1. The Hall–Kier alpha value is -0.890. The average molecular weight is 222 g/mol. The van der Waals surface area contributed by atoms with Crippen LogP contribution in [0.5, 0.6) is 0 Å². The van der Waals surface area contributed by atoms with Crippen molar-refractivity contribution in [3.8, 4) is 0 Å². The van der Waals surface area contributed by atoms with Crippen molar-refractivity contribution in [1.82, 2.24) is 0 Å². The number of hydrogen-bond acceptors (Lipinski definition) is 1. The first-order valence-electron chi connectivity index (χ1n) is 6.00. The normalized spacial score (nSPS) is 30.4. The van der Waals surface area contributed by atoms with Gasteiger partial charge in [-0.1, -0.05) is 13.0 Å². The van der Waals surface area contributed by atoms with Gasteiger partial charge in [-0.05, 0) is 61.8 Å². The molecule has 0 amide bonds. The lowest BCUT2D eigenvalue weighted by molar-refractivity contribution is -0.0123. The van der Waals surface area contributed by atoms with E-state index in [1.54, 1.807) is 0 Å². The summed E-state index contributed by atoms with van der Waals surface area (Å²) < 4.78 is 13.3. The van der Waals surface area contributed by atoms with Crippen LogP contribution < -0.4 is 0 Å². The first kappa shape index (κ1) is 11.6. The Balaban J connectivity index is 2.28. The van der Waals surface area contributed by atoms with Crippen molar-refractivity contribution in [3.05, 3.63) is 35.1 Å². The Labute approximate surface area is 96.3 Å². The fourth-order valence-corrected chi connectivity index (χ4v) is 2.53. The molecule has 0 aromatic heterocycles. The van der Waals surface area contributed by atoms with Crippen molar-refractivity contribution in [2.75, 3.05) is 0 Å². The van der Waals surface area contributed by atoms with Crippen LogP contribution in [0.3, 0.4) is 0 Å². The quantitative estimate of drug-likeness (QED) is 0.770. The Kier molecular flexibility index (Phi) is 3.02. The fraction of sp³-hybridized carbons (Fsp3) is 0.571. The molecule has 16 heavy (non-hydrogen) atoms. The van der Waals surface area contributed by atoms with Gasteiger partial charge < -0.3 is 5.11 Å². The first-order chi connectivity index (χ1) is 7.49. The van der Waals surface area contributed by atoms with Gasteiger partial charge in [0, 0.05) is 0 Å². The summed E-state index contributed by atoms with van der Waals surface area (Å²) in [7, 11) is 0. The maximum absolute atomic E-state index is 13.3. The zero-order valence-corrected chi connectivity index (χ0v) is 9.96. The molecule has 0 saturated heterocycles. The summed E-state index contributed by atoms with van der Waals surface area (Å²) in [6.45, 7) is 4.07. The summed E-state index contributed by atoms with van der Waals surface area (Å²) >= 11 is 0. The molecule has 2 heteroatoms. The molecule has 1 aliphatic rings. The van der Waals surface area contributed by atoms with E-state index in [1.807, 2.05) is 13.0 Å². The molecule has 0 heterocycles. The molecule has 0 radical (unpaired) electrons. The van der Waals surface area contributed by atoms with E-state index >= 15 is 0 Å². The van der Waals surface area contributed by atoms with Crippen LogP contribution in [0.4, 0.5) is 4.39 Å². The van der Waals surface area contributed by atoms with Gasteiger partial charge in [0.15, 0.2) is 0 Å². The summed E-state index contributed by atoms with van der Waals surface area (Å²) in [5, 5.41) is 10.5. The molecule has 1 saturated carbocycles. The minimum absolute atomic E-state index is 0.248. The monoisotopic (exact) mass is 222 g/mol. The van der Waals surface area contributed by atoms with Gasteiger partial charge in [-0.25, -0.2) is 4.39 Å². The van der Waals surface area contributed by atoms with Crippen LogP contribution in [0, 0.1) is 18.7 Å². The SMILES string of the molecule is Cc1cc(F)cc(C2(O)CCC(C)CC2)c1. The van der Waals surface area contributed by atoms with Gasteiger partial charge in [0.25, 0.3) is 0 Å². The van der Waals surface area contributed by atoms with Gasteiger partial charge in [-0.3, -0.25) is 0 Å². The van der Waals surface area contributed by atoms with E-state index in [2.05, 4.69) is 6.92 Å². The van der Waals surface area contributed by atoms with E-state index in [-0.39, 0.29) is 5.82 Å². The molecule has 1 fully saturated rings. The Bertz CT molecular complexity index is 358. The highest BCUT2D eigenvalue weighted by molar-refractivity contribution is 5.28. The smallest absolute Gasteiger partial charge is 0.123 e. The summed E-state index contributed by atoms with van der Waals surface area (Å²) in [5.74, 6) is 0.428. The van der Waals surface area contributed by atoms with E-state index in [0.717, 1.165) is 36.8 Å². The molecule has 2 rings (SSSR count). The van der Waals surface area contributed by atoms with Crippen LogP contribution in [0.2, 0.25) is 0 Å². The summed E-state index contributed by atoms with van der Waals surface area (Å²) in [5.41, 5.74) is 0.818. The Morgan fingerprint density at radius 2 is 1.88 bits per heavy atom. The molecule has 0 aliphatic heterocycles. The van der Waals surface area contributed by atoms with Crippen molar-refractivity contribution in [2.24, 2.45) is 5.92 Å². The maximum Gasteiger partial charge on any atom is 0.123 e. The van der Waals surface area contributed by atoms with E-state index in [9.17, 15) is 9.50 Å². The van der Waals surface area contributed by atoms with Crippen molar-refractivity contribution < 1.29 is 9.50 Å². The predicted molar refractivity (Wildman–Crippen MR) is 62.7 cm³/mol. The predicted octanol–water partition coefficient (Wildman–Crippen LogP) is 3.53. The second-order valence-electron chi connectivity index (χ2n) is 5.23. The third kappa shape index (κ3) is 2.27. The topological polar surface area (TPSA) is 20.2 Å². The lowest BCUT2D eigenvalue weighted by atomic mass is 9.75. The highest BCUT2D eigenvalue weighted by atomic mass is 19.1. The van der Waals surface area contributed by atoms with Crippen LogP contribution in [-0.2, 0) is 5.60 Å². The van der Waals surface area contributed by atoms with E-state index in [4.69, 9.17) is 0 Å². The zero-order chi connectivity index (χ0) is 11.8. The fourth-order valence-electron chi connectivity index (χ4n) is 2.53. The average Bonchev–Trinajstić information content (AvgIpc) is 2.21. The molecular formula is C14H19FO. The second-order valence-corrected chi connectivity index (χ2v) is 5.23. The molecule has 0 bridgehead atoms. The minimum atomic E-state index is -0.806. The third-order valence-corrected chi connectivity index (χ3v) is 3.68.